The molecule has 1 aliphatic heterocycles. The van der Waals surface area contributed by atoms with Crippen LogP contribution in [-0.4, -0.2) is 14.5 Å². The zero-order chi connectivity index (χ0) is 22.2. The predicted octanol–water partition coefficient (Wildman–Crippen LogP) is 5.93. The van der Waals surface area contributed by atoms with Crippen LogP contribution >= 0.6 is 11.6 Å². The van der Waals surface area contributed by atoms with Gasteiger partial charge in [-0.2, -0.15) is 5.26 Å². The molecule has 1 aliphatic rings. The first-order chi connectivity index (χ1) is 15.6. The molecule has 0 unspecified atom stereocenters. The van der Waals surface area contributed by atoms with Crippen LogP contribution in [0, 0.1) is 11.3 Å². The zero-order valence-electron chi connectivity index (χ0n) is 17.9. The Morgan fingerprint density at radius 3 is 2.84 bits per heavy atom. The Kier molecular flexibility index (Phi) is 5.16. The van der Waals surface area contributed by atoms with E-state index in [0.717, 1.165) is 57.0 Å². The number of halogens is 1. The Morgan fingerprint density at radius 2 is 2.03 bits per heavy atom. The molecule has 3 heterocycles. The number of aryl methyl sites for hydroxylation is 1. The Labute approximate surface area is 191 Å². The van der Waals surface area contributed by atoms with Gasteiger partial charge in [0.05, 0.1) is 17.6 Å². The van der Waals surface area contributed by atoms with Crippen LogP contribution in [0.5, 0.6) is 5.75 Å². The predicted molar refractivity (Wildman–Crippen MR) is 126 cm³/mol. The Morgan fingerprint density at radius 1 is 1.19 bits per heavy atom. The van der Waals surface area contributed by atoms with E-state index < -0.39 is 0 Å². The van der Waals surface area contributed by atoms with Crippen molar-refractivity contribution in [1.29, 1.82) is 5.26 Å². The number of hydrogen-bond acceptors (Lipinski definition) is 4. The molecule has 4 aromatic rings. The summed E-state index contributed by atoms with van der Waals surface area (Å²) in [4.78, 5) is 9.23. The maximum Gasteiger partial charge on any atom is 0.161 e. The second-order valence-corrected chi connectivity index (χ2v) is 8.23. The number of nitrogens with zero attached hydrogens (tertiary/aromatic N) is 4. The lowest BCUT2D eigenvalue weighted by atomic mass is 9.90. The van der Waals surface area contributed by atoms with E-state index in [4.69, 9.17) is 21.3 Å². The van der Waals surface area contributed by atoms with Crippen molar-refractivity contribution in [1.82, 2.24) is 14.5 Å². The molecule has 0 atom stereocenters. The SMILES string of the molecule is CCc1nc2c(Cl)ccnc2n1Cc1ccc2c(c1)COc1ccccc1C2=C(C)C#N. The highest BCUT2D eigenvalue weighted by Gasteiger charge is 2.22. The van der Waals surface area contributed by atoms with Gasteiger partial charge >= 0.3 is 0 Å². The number of fused-ring (bicyclic) bond motifs is 3. The molecule has 2 aromatic heterocycles. The minimum absolute atomic E-state index is 0.442. The minimum Gasteiger partial charge on any atom is -0.488 e. The van der Waals surface area contributed by atoms with Crippen molar-refractivity contribution in [3.05, 3.63) is 93.4 Å². The molecule has 0 radical (unpaired) electrons. The summed E-state index contributed by atoms with van der Waals surface area (Å²) >= 11 is 6.36. The van der Waals surface area contributed by atoms with Gasteiger partial charge in [-0.25, -0.2) is 9.97 Å². The summed E-state index contributed by atoms with van der Waals surface area (Å²) in [6, 6.07) is 18.3. The normalized spacial score (nSPS) is 14.2. The molecular formula is C26H21ClN4O. The number of hydrogen-bond donors (Lipinski definition) is 0. The highest BCUT2D eigenvalue weighted by atomic mass is 35.5. The number of pyridine rings is 1. The fraction of sp³-hybridized carbons (Fsp3) is 0.192. The molecule has 32 heavy (non-hydrogen) atoms. The number of para-hydroxylation sites is 1. The van der Waals surface area contributed by atoms with Gasteiger partial charge in [0.2, 0.25) is 0 Å². The Bertz CT molecular complexity index is 1430. The number of nitriles is 1. The average Bonchev–Trinajstić information content (AvgIpc) is 3.09. The molecule has 5 rings (SSSR count). The van der Waals surface area contributed by atoms with Crippen molar-refractivity contribution in [3.63, 3.8) is 0 Å². The van der Waals surface area contributed by atoms with Gasteiger partial charge in [0.15, 0.2) is 5.65 Å². The molecule has 6 heteroatoms. The second-order valence-electron chi connectivity index (χ2n) is 7.82. The standard InChI is InChI=1S/C26H21ClN4O/c1-3-23-30-25-21(27)10-11-29-26(25)31(23)14-17-8-9-19-18(12-17)15-32-22-7-5-4-6-20(22)24(19)16(2)13-28/h4-12H,3,14-15H2,1-2H3. The molecule has 0 saturated heterocycles. The summed E-state index contributed by atoms with van der Waals surface area (Å²) in [6.45, 7) is 5.01. The lowest BCUT2D eigenvalue weighted by Crippen LogP contribution is -2.06. The molecule has 0 spiro atoms. The van der Waals surface area contributed by atoms with Crippen LogP contribution in [0.3, 0.4) is 0 Å². The van der Waals surface area contributed by atoms with Crippen LogP contribution in [0.25, 0.3) is 16.7 Å². The van der Waals surface area contributed by atoms with Crippen molar-refractivity contribution in [2.24, 2.45) is 0 Å². The monoisotopic (exact) mass is 440 g/mol. The summed E-state index contributed by atoms with van der Waals surface area (Å²) in [5, 5.41) is 10.3. The van der Waals surface area contributed by atoms with Crippen LogP contribution in [0.2, 0.25) is 5.02 Å². The van der Waals surface area contributed by atoms with Crippen LogP contribution in [0.15, 0.2) is 60.3 Å². The van der Waals surface area contributed by atoms with E-state index in [1.54, 1.807) is 12.3 Å². The van der Waals surface area contributed by atoms with Gasteiger partial charge in [-0.1, -0.05) is 48.9 Å². The Balaban J connectivity index is 1.61. The summed E-state index contributed by atoms with van der Waals surface area (Å²) in [7, 11) is 0. The highest BCUT2D eigenvalue weighted by molar-refractivity contribution is 6.34. The molecule has 0 N–H and O–H groups in total. The molecule has 0 bridgehead atoms. The third-order valence-electron chi connectivity index (χ3n) is 5.84. The van der Waals surface area contributed by atoms with E-state index in [9.17, 15) is 5.26 Å². The molecule has 5 nitrogen and oxygen atoms in total. The third-order valence-corrected chi connectivity index (χ3v) is 6.15. The first-order valence-corrected chi connectivity index (χ1v) is 10.9. The molecule has 2 aromatic carbocycles. The maximum absolute atomic E-state index is 9.66. The third kappa shape index (κ3) is 3.34. The highest BCUT2D eigenvalue weighted by Crippen LogP contribution is 2.38. The average molecular weight is 441 g/mol. The van der Waals surface area contributed by atoms with Crippen molar-refractivity contribution in [2.75, 3.05) is 0 Å². The number of allylic oxidation sites excluding steroid dienone is 1. The van der Waals surface area contributed by atoms with Gasteiger partial charge in [0.1, 0.15) is 23.7 Å². The van der Waals surface area contributed by atoms with E-state index in [0.29, 0.717) is 23.7 Å². The largest absolute Gasteiger partial charge is 0.488 e. The van der Waals surface area contributed by atoms with Crippen molar-refractivity contribution >= 4 is 28.3 Å². The zero-order valence-corrected chi connectivity index (χ0v) is 18.6. The number of ether oxygens (including phenoxy) is 1. The quantitative estimate of drug-likeness (QED) is 0.370. The number of rotatable bonds is 3. The molecule has 0 aliphatic carbocycles. The number of imidazole rings is 1. The smallest absolute Gasteiger partial charge is 0.161 e. The maximum atomic E-state index is 9.66. The first kappa shape index (κ1) is 20.3. The molecule has 0 saturated carbocycles. The van der Waals surface area contributed by atoms with E-state index in [-0.39, 0.29) is 0 Å². The van der Waals surface area contributed by atoms with Gasteiger partial charge in [0.25, 0.3) is 0 Å². The van der Waals surface area contributed by atoms with Crippen LogP contribution in [0.1, 0.15) is 41.9 Å². The van der Waals surface area contributed by atoms with Gasteiger partial charge in [0, 0.05) is 29.3 Å². The van der Waals surface area contributed by atoms with Crippen LogP contribution in [0.4, 0.5) is 0 Å². The molecule has 0 fully saturated rings. The number of benzene rings is 2. The van der Waals surface area contributed by atoms with Gasteiger partial charge < -0.3 is 9.30 Å². The summed E-state index contributed by atoms with van der Waals surface area (Å²) < 4.78 is 8.25. The topological polar surface area (TPSA) is 63.7 Å². The summed E-state index contributed by atoms with van der Waals surface area (Å²) in [5.74, 6) is 1.74. The lowest BCUT2D eigenvalue weighted by Gasteiger charge is -2.13. The summed E-state index contributed by atoms with van der Waals surface area (Å²) in [6.07, 6.45) is 2.50. The van der Waals surface area contributed by atoms with Crippen LogP contribution in [-0.2, 0) is 19.6 Å². The summed E-state index contributed by atoms with van der Waals surface area (Å²) in [5.41, 5.74) is 7.27. The fourth-order valence-corrected chi connectivity index (χ4v) is 4.50. The first-order valence-electron chi connectivity index (χ1n) is 10.6. The second kappa shape index (κ2) is 8.14. The Hall–Kier alpha value is -3.62. The van der Waals surface area contributed by atoms with E-state index in [1.165, 1.54) is 0 Å². The number of aromatic nitrogens is 3. The van der Waals surface area contributed by atoms with Crippen molar-refractivity contribution < 1.29 is 4.74 Å². The fourth-order valence-electron chi connectivity index (χ4n) is 4.32. The molecule has 158 valence electrons. The lowest BCUT2D eigenvalue weighted by molar-refractivity contribution is 0.307. The van der Waals surface area contributed by atoms with E-state index in [1.807, 2.05) is 31.2 Å². The van der Waals surface area contributed by atoms with E-state index >= 15 is 0 Å². The van der Waals surface area contributed by atoms with Gasteiger partial charge in [-0.15, -0.1) is 0 Å². The molecular weight excluding hydrogens is 420 g/mol. The van der Waals surface area contributed by atoms with Crippen molar-refractivity contribution in [3.8, 4) is 11.8 Å². The minimum atomic E-state index is 0.442. The molecule has 0 amide bonds. The van der Waals surface area contributed by atoms with Gasteiger partial charge in [-0.3, -0.25) is 0 Å². The van der Waals surface area contributed by atoms with Crippen LogP contribution < -0.4 is 4.74 Å². The van der Waals surface area contributed by atoms with Crippen molar-refractivity contribution in [2.45, 2.75) is 33.4 Å². The van der Waals surface area contributed by atoms with E-state index in [2.05, 4.69) is 40.7 Å². The van der Waals surface area contributed by atoms with Gasteiger partial charge in [-0.05, 0) is 41.8 Å².